The Morgan fingerprint density at radius 2 is 1.82 bits per heavy atom. The molecule has 6 rings (SSSR count). The number of carboxylic acid groups (broad SMARTS) is 1. The number of hydrogen-bond donors (Lipinski definition) is 1. The first kappa shape index (κ1) is 25.4. The zero-order chi connectivity index (χ0) is 26.3. The zero-order valence-electron chi connectivity index (χ0n) is 22.1. The summed E-state index contributed by atoms with van der Waals surface area (Å²) < 4.78 is 19.9. The minimum atomic E-state index is -0.669. The second-order valence-electron chi connectivity index (χ2n) is 11.8. The average Bonchev–Trinajstić information content (AvgIpc) is 3.66. The standard InChI is InChI=1S/C31H37FN2O4/c1-2-13-37-28-15-20(14-26(21-3-4-21)29(28)23-9-11-25(32)12-10-23)17-34-18-31(19-34)16-27(33-38-31)22-5-7-24(8-6-22)30(35)36/h9-12,14-15,21-22,24H,2-8,13,16-19H2,1H3,(H,35,36). The molecule has 2 aliphatic heterocycles. The lowest BCUT2D eigenvalue weighted by molar-refractivity contribution is -0.142. The van der Waals surface area contributed by atoms with Crippen molar-refractivity contribution in [3.63, 3.8) is 0 Å². The van der Waals surface area contributed by atoms with Crippen molar-refractivity contribution in [3.8, 4) is 16.9 Å². The molecule has 0 unspecified atom stereocenters. The van der Waals surface area contributed by atoms with E-state index in [1.54, 1.807) is 0 Å². The van der Waals surface area contributed by atoms with Crippen LogP contribution in [0.4, 0.5) is 4.39 Å². The van der Waals surface area contributed by atoms with Crippen LogP contribution in [0.3, 0.4) is 0 Å². The molecule has 1 N–H and O–H groups in total. The molecule has 2 saturated carbocycles. The van der Waals surface area contributed by atoms with Crippen molar-refractivity contribution < 1.29 is 23.9 Å². The first-order valence-corrected chi connectivity index (χ1v) is 14.2. The van der Waals surface area contributed by atoms with Crippen LogP contribution in [0.5, 0.6) is 5.75 Å². The number of ether oxygens (including phenoxy) is 1. The van der Waals surface area contributed by atoms with Crippen molar-refractivity contribution in [2.45, 2.75) is 76.4 Å². The molecular weight excluding hydrogens is 483 g/mol. The number of benzene rings is 2. The maximum atomic E-state index is 13.7. The van der Waals surface area contributed by atoms with Crippen molar-refractivity contribution in [1.29, 1.82) is 0 Å². The molecule has 2 aromatic carbocycles. The Bertz CT molecular complexity index is 1210. The third-order valence-corrected chi connectivity index (χ3v) is 8.64. The first-order chi connectivity index (χ1) is 18.4. The van der Waals surface area contributed by atoms with E-state index in [1.165, 1.54) is 36.1 Å². The highest BCUT2D eigenvalue weighted by Crippen LogP contribution is 2.49. The van der Waals surface area contributed by atoms with Gasteiger partial charge in [-0.2, -0.15) is 0 Å². The molecule has 4 aliphatic rings. The largest absolute Gasteiger partial charge is 0.493 e. The molecule has 1 spiro atoms. The number of carbonyl (C=O) groups is 1. The van der Waals surface area contributed by atoms with Crippen LogP contribution in [0, 0.1) is 17.7 Å². The number of likely N-dealkylation sites (tertiary alicyclic amines) is 1. The van der Waals surface area contributed by atoms with Gasteiger partial charge in [0.15, 0.2) is 5.60 Å². The smallest absolute Gasteiger partial charge is 0.306 e. The number of nitrogens with zero attached hydrogens (tertiary/aromatic N) is 2. The second-order valence-corrected chi connectivity index (χ2v) is 11.8. The van der Waals surface area contributed by atoms with Crippen LogP contribution in [0.15, 0.2) is 41.6 Å². The molecular formula is C31H37FN2O4. The van der Waals surface area contributed by atoms with Crippen LogP contribution >= 0.6 is 0 Å². The van der Waals surface area contributed by atoms with E-state index in [0.29, 0.717) is 18.4 Å². The SMILES string of the molecule is CCCOc1cc(CN2CC3(CC(C4CCC(C(=O)O)CC4)=NO3)C2)cc(C2CC2)c1-c1ccc(F)cc1. The van der Waals surface area contributed by atoms with Crippen molar-refractivity contribution in [3.05, 3.63) is 53.3 Å². The maximum Gasteiger partial charge on any atom is 0.306 e. The summed E-state index contributed by atoms with van der Waals surface area (Å²) in [5, 5.41) is 13.8. The highest BCUT2D eigenvalue weighted by atomic mass is 19.1. The summed E-state index contributed by atoms with van der Waals surface area (Å²) in [6.07, 6.45) is 7.40. The van der Waals surface area contributed by atoms with Gasteiger partial charge in [-0.25, -0.2) is 4.39 Å². The number of carboxylic acids is 1. The molecule has 3 fully saturated rings. The van der Waals surface area contributed by atoms with Crippen molar-refractivity contribution in [2.75, 3.05) is 19.7 Å². The maximum absolute atomic E-state index is 13.7. The number of aliphatic carboxylic acids is 1. The summed E-state index contributed by atoms with van der Waals surface area (Å²) in [6, 6.07) is 11.3. The second kappa shape index (κ2) is 10.3. The average molecular weight is 521 g/mol. The van der Waals surface area contributed by atoms with Gasteiger partial charge in [-0.1, -0.05) is 30.3 Å². The first-order valence-electron chi connectivity index (χ1n) is 14.2. The van der Waals surface area contributed by atoms with Gasteiger partial charge in [0.05, 0.1) is 18.2 Å². The molecule has 1 saturated heterocycles. The Kier molecular flexibility index (Phi) is 6.89. The molecule has 2 heterocycles. The van der Waals surface area contributed by atoms with E-state index in [0.717, 1.165) is 80.7 Å². The van der Waals surface area contributed by atoms with E-state index in [1.807, 2.05) is 12.1 Å². The molecule has 0 bridgehead atoms. The lowest BCUT2D eigenvalue weighted by Crippen LogP contribution is -2.61. The van der Waals surface area contributed by atoms with Crippen LogP contribution in [0.2, 0.25) is 0 Å². The molecule has 7 heteroatoms. The van der Waals surface area contributed by atoms with E-state index >= 15 is 0 Å². The minimum Gasteiger partial charge on any atom is -0.493 e. The molecule has 0 radical (unpaired) electrons. The van der Waals surface area contributed by atoms with Gasteiger partial charge in [0, 0.05) is 37.5 Å². The molecule has 0 aromatic heterocycles. The van der Waals surface area contributed by atoms with Crippen molar-refractivity contribution in [2.24, 2.45) is 17.0 Å². The molecule has 2 aliphatic carbocycles. The van der Waals surface area contributed by atoms with Crippen LogP contribution in [-0.2, 0) is 16.2 Å². The van der Waals surface area contributed by atoms with E-state index < -0.39 is 5.97 Å². The zero-order valence-corrected chi connectivity index (χ0v) is 22.1. The summed E-state index contributed by atoms with van der Waals surface area (Å²) in [4.78, 5) is 19.7. The Morgan fingerprint density at radius 3 is 2.47 bits per heavy atom. The third kappa shape index (κ3) is 5.18. The number of hydrogen-bond acceptors (Lipinski definition) is 5. The molecule has 202 valence electrons. The van der Waals surface area contributed by atoms with Gasteiger partial charge in [-0.3, -0.25) is 9.69 Å². The third-order valence-electron chi connectivity index (χ3n) is 8.64. The van der Waals surface area contributed by atoms with Gasteiger partial charge < -0.3 is 14.7 Å². The van der Waals surface area contributed by atoms with Crippen molar-refractivity contribution >= 4 is 11.7 Å². The molecule has 0 amide bonds. The molecule has 38 heavy (non-hydrogen) atoms. The predicted octanol–water partition coefficient (Wildman–Crippen LogP) is 6.38. The number of halogens is 1. The van der Waals surface area contributed by atoms with Gasteiger partial charge >= 0.3 is 5.97 Å². The summed E-state index contributed by atoms with van der Waals surface area (Å²) in [5.74, 6) is 0.689. The molecule has 2 aromatic rings. The van der Waals surface area contributed by atoms with Crippen LogP contribution < -0.4 is 4.74 Å². The fraction of sp³-hybridized carbons (Fsp3) is 0.548. The van der Waals surface area contributed by atoms with E-state index in [4.69, 9.17) is 9.57 Å². The van der Waals surface area contributed by atoms with Gasteiger partial charge in [-0.05, 0) is 85.8 Å². The lowest BCUT2D eigenvalue weighted by atomic mass is 9.76. The van der Waals surface area contributed by atoms with Crippen LogP contribution in [0.1, 0.15) is 75.3 Å². The minimum absolute atomic E-state index is 0.205. The normalized spacial score (nSPS) is 24.5. The molecule has 6 nitrogen and oxygen atoms in total. The summed E-state index contributed by atoms with van der Waals surface area (Å²) in [5.41, 5.74) is 5.58. The Balaban J connectivity index is 1.13. The Labute approximate surface area is 223 Å². The fourth-order valence-electron chi connectivity index (χ4n) is 6.51. The van der Waals surface area contributed by atoms with E-state index in [9.17, 15) is 14.3 Å². The lowest BCUT2D eigenvalue weighted by Gasteiger charge is -2.45. The van der Waals surface area contributed by atoms with Crippen LogP contribution in [-0.4, -0.2) is 47.0 Å². The van der Waals surface area contributed by atoms with Crippen molar-refractivity contribution in [1.82, 2.24) is 4.90 Å². The van der Waals surface area contributed by atoms with Gasteiger partial charge in [0.2, 0.25) is 0 Å². The Hall–Kier alpha value is -2.93. The quantitative estimate of drug-likeness (QED) is 0.415. The fourth-order valence-corrected chi connectivity index (χ4v) is 6.51. The highest BCUT2D eigenvalue weighted by molar-refractivity contribution is 5.89. The summed E-state index contributed by atoms with van der Waals surface area (Å²) in [6.45, 7) is 5.27. The Morgan fingerprint density at radius 1 is 1.11 bits per heavy atom. The van der Waals surface area contributed by atoms with Gasteiger partial charge in [-0.15, -0.1) is 0 Å². The van der Waals surface area contributed by atoms with Gasteiger partial charge in [0.25, 0.3) is 0 Å². The van der Waals surface area contributed by atoms with Crippen LogP contribution in [0.25, 0.3) is 11.1 Å². The number of oxime groups is 1. The van der Waals surface area contributed by atoms with E-state index in [2.05, 4.69) is 29.1 Å². The van der Waals surface area contributed by atoms with Gasteiger partial charge in [0.1, 0.15) is 11.6 Å². The summed E-state index contributed by atoms with van der Waals surface area (Å²) in [7, 11) is 0. The predicted molar refractivity (Wildman–Crippen MR) is 144 cm³/mol. The molecule has 0 atom stereocenters. The monoisotopic (exact) mass is 520 g/mol. The number of rotatable bonds is 9. The van der Waals surface area contributed by atoms with E-state index in [-0.39, 0.29) is 17.3 Å². The highest BCUT2D eigenvalue weighted by Gasteiger charge is 2.51. The topological polar surface area (TPSA) is 71.4 Å². The summed E-state index contributed by atoms with van der Waals surface area (Å²) >= 11 is 0.